The maximum absolute atomic E-state index is 12.9. The Hall–Kier alpha value is -3.02. The van der Waals surface area contributed by atoms with Gasteiger partial charge >= 0.3 is 0 Å². The zero-order valence-electron chi connectivity index (χ0n) is 17.2. The number of fused-ring (bicyclic) bond motifs is 2. The van der Waals surface area contributed by atoms with Gasteiger partial charge in [-0.25, -0.2) is 0 Å². The Bertz CT molecular complexity index is 1210. The largest absolute Gasteiger partial charge is 0.508 e. The van der Waals surface area contributed by atoms with Crippen LogP contribution in [0.15, 0.2) is 72.5 Å². The molecule has 5 rings (SSSR count). The smallest absolute Gasteiger partial charge is 0.230 e. The standard InChI is InChI=1S/C25H24ClN3O2/c1-25-10-9-17(30)12-19(25)23(29-24(25)31)22-18-11-16(26)7-8-20(18)28-21(22)14-27-13-15-5-3-2-4-6-15/h2-12,19,23,27-28,30H,13-14H2,1H3,(H,29,31). The molecule has 0 radical (unpaired) electrons. The van der Waals surface area contributed by atoms with E-state index < -0.39 is 5.41 Å². The van der Waals surface area contributed by atoms with Crippen LogP contribution in [0.4, 0.5) is 0 Å². The van der Waals surface area contributed by atoms with E-state index in [0.29, 0.717) is 11.6 Å². The first-order valence-electron chi connectivity index (χ1n) is 10.4. The number of rotatable bonds is 5. The minimum Gasteiger partial charge on any atom is -0.508 e. The van der Waals surface area contributed by atoms with E-state index in [-0.39, 0.29) is 23.6 Å². The van der Waals surface area contributed by atoms with E-state index in [1.54, 1.807) is 18.2 Å². The lowest BCUT2D eigenvalue weighted by Crippen LogP contribution is -2.30. The molecule has 1 saturated heterocycles. The van der Waals surface area contributed by atoms with E-state index in [9.17, 15) is 9.90 Å². The van der Waals surface area contributed by atoms with Crippen LogP contribution in [0.1, 0.15) is 29.8 Å². The minimum atomic E-state index is -0.701. The van der Waals surface area contributed by atoms with E-state index in [0.717, 1.165) is 28.7 Å². The molecule has 1 aromatic heterocycles. The number of hydrogen-bond donors (Lipinski definition) is 4. The summed E-state index contributed by atoms with van der Waals surface area (Å²) in [5, 5.41) is 18.5. The van der Waals surface area contributed by atoms with Crippen LogP contribution < -0.4 is 10.6 Å². The van der Waals surface area contributed by atoms with Gasteiger partial charge in [-0.15, -0.1) is 0 Å². The van der Waals surface area contributed by atoms with Gasteiger partial charge in [0, 0.05) is 46.2 Å². The van der Waals surface area contributed by atoms with Crippen molar-refractivity contribution in [3.8, 4) is 0 Å². The number of nitrogens with one attached hydrogen (secondary N) is 3. The number of aliphatic hydroxyl groups excluding tert-OH is 1. The van der Waals surface area contributed by atoms with Gasteiger partial charge in [-0.3, -0.25) is 4.79 Å². The van der Waals surface area contributed by atoms with Crippen molar-refractivity contribution < 1.29 is 9.90 Å². The number of benzene rings is 2. The van der Waals surface area contributed by atoms with Crippen LogP contribution in [-0.4, -0.2) is 16.0 Å². The molecule has 0 saturated carbocycles. The molecule has 1 fully saturated rings. The lowest BCUT2D eigenvalue weighted by atomic mass is 9.72. The first kappa shape index (κ1) is 19.9. The summed E-state index contributed by atoms with van der Waals surface area (Å²) in [4.78, 5) is 16.4. The fourth-order valence-corrected chi connectivity index (χ4v) is 4.93. The summed E-state index contributed by atoms with van der Waals surface area (Å²) in [7, 11) is 0. The predicted molar refractivity (Wildman–Crippen MR) is 123 cm³/mol. The molecule has 0 spiro atoms. The van der Waals surface area contributed by atoms with Crippen LogP contribution in [0.3, 0.4) is 0 Å². The second-order valence-electron chi connectivity index (χ2n) is 8.48. The number of hydrogen-bond acceptors (Lipinski definition) is 3. The topological polar surface area (TPSA) is 77.2 Å². The van der Waals surface area contributed by atoms with Gasteiger partial charge in [-0.1, -0.05) is 48.0 Å². The Morgan fingerprint density at radius 3 is 2.77 bits per heavy atom. The van der Waals surface area contributed by atoms with E-state index >= 15 is 0 Å². The molecule has 2 heterocycles. The van der Waals surface area contributed by atoms with Crippen molar-refractivity contribution in [2.45, 2.75) is 26.1 Å². The van der Waals surface area contributed by atoms with Crippen molar-refractivity contribution >= 4 is 28.4 Å². The van der Waals surface area contributed by atoms with Gasteiger partial charge in [0.1, 0.15) is 5.76 Å². The summed E-state index contributed by atoms with van der Waals surface area (Å²) in [6.45, 7) is 3.26. The minimum absolute atomic E-state index is 0.0397. The van der Waals surface area contributed by atoms with E-state index in [1.807, 2.05) is 43.3 Å². The number of amides is 1. The number of aromatic amines is 1. The molecule has 3 aromatic rings. The van der Waals surface area contributed by atoms with Crippen molar-refractivity contribution in [3.63, 3.8) is 0 Å². The van der Waals surface area contributed by atoms with Gasteiger partial charge in [0.2, 0.25) is 5.91 Å². The van der Waals surface area contributed by atoms with Gasteiger partial charge < -0.3 is 20.7 Å². The lowest BCUT2D eigenvalue weighted by molar-refractivity contribution is -0.125. The molecule has 5 nitrogen and oxygen atoms in total. The molecule has 2 aliphatic rings. The molecule has 0 bridgehead atoms. The number of carbonyl (C=O) groups is 1. The second kappa shape index (κ2) is 7.59. The molecule has 1 aliphatic heterocycles. The molecule has 6 heteroatoms. The highest BCUT2D eigenvalue weighted by Crippen LogP contribution is 2.49. The normalized spacial score (nSPS) is 24.8. The van der Waals surface area contributed by atoms with E-state index in [2.05, 4.69) is 27.8 Å². The molecule has 3 atom stereocenters. The number of H-pyrrole nitrogens is 1. The highest BCUT2D eigenvalue weighted by molar-refractivity contribution is 6.31. The number of aromatic nitrogens is 1. The molecule has 2 aromatic carbocycles. The van der Waals surface area contributed by atoms with Gasteiger partial charge in [0.25, 0.3) is 0 Å². The average molecular weight is 434 g/mol. The second-order valence-corrected chi connectivity index (χ2v) is 8.92. The zero-order valence-corrected chi connectivity index (χ0v) is 17.9. The fraction of sp³-hybridized carbons (Fsp3) is 0.240. The monoisotopic (exact) mass is 433 g/mol. The Morgan fingerprint density at radius 1 is 1.16 bits per heavy atom. The van der Waals surface area contributed by atoms with Crippen molar-refractivity contribution in [2.24, 2.45) is 11.3 Å². The highest BCUT2D eigenvalue weighted by Gasteiger charge is 2.52. The van der Waals surface area contributed by atoms with Crippen molar-refractivity contribution in [2.75, 3.05) is 0 Å². The molecule has 158 valence electrons. The van der Waals surface area contributed by atoms with Gasteiger partial charge in [0.05, 0.1) is 11.5 Å². The van der Waals surface area contributed by atoms with E-state index in [4.69, 9.17) is 11.6 Å². The maximum atomic E-state index is 12.9. The molecule has 4 N–H and O–H groups in total. The molecule has 1 amide bonds. The Morgan fingerprint density at radius 2 is 1.97 bits per heavy atom. The number of halogens is 1. The van der Waals surface area contributed by atoms with Gasteiger partial charge in [0.15, 0.2) is 0 Å². The third-order valence-electron chi connectivity index (χ3n) is 6.45. The number of carbonyl (C=O) groups excluding carboxylic acids is 1. The van der Waals surface area contributed by atoms with Crippen molar-refractivity contribution in [3.05, 3.63) is 94.4 Å². The van der Waals surface area contributed by atoms with Crippen LogP contribution in [0.5, 0.6) is 0 Å². The van der Waals surface area contributed by atoms with Crippen LogP contribution in [0.25, 0.3) is 10.9 Å². The Balaban J connectivity index is 1.54. The van der Waals surface area contributed by atoms with Gasteiger partial charge in [-0.05, 0) is 42.8 Å². The average Bonchev–Trinajstić information content (AvgIpc) is 3.23. The first-order chi connectivity index (χ1) is 15.0. The van der Waals surface area contributed by atoms with Crippen molar-refractivity contribution in [1.82, 2.24) is 15.6 Å². The van der Waals surface area contributed by atoms with Crippen LogP contribution in [-0.2, 0) is 17.9 Å². The zero-order chi connectivity index (χ0) is 21.6. The quantitative estimate of drug-likeness (QED) is 0.461. The Labute approximate surface area is 185 Å². The lowest BCUT2D eigenvalue weighted by Gasteiger charge is -2.28. The summed E-state index contributed by atoms with van der Waals surface area (Å²) in [6.07, 6.45) is 5.19. The van der Waals surface area contributed by atoms with E-state index in [1.165, 1.54) is 5.56 Å². The van der Waals surface area contributed by atoms with Crippen molar-refractivity contribution in [1.29, 1.82) is 0 Å². The maximum Gasteiger partial charge on any atom is 0.230 e. The third-order valence-corrected chi connectivity index (χ3v) is 6.68. The predicted octanol–water partition coefficient (Wildman–Crippen LogP) is 4.92. The molecule has 3 unspecified atom stereocenters. The summed E-state index contributed by atoms with van der Waals surface area (Å²) in [5.74, 6) is -0.0523. The summed E-state index contributed by atoms with van der Waals surface area (Å²) >= 11 is 6.33. The summed E-state index contributed by atoms with van der Waals surface area (Å²) in [6, 6.07) is 15.7. The molecular weight excluding hydrogens is 410 g/mol. The Kier molecular flexibility index (Phi) is 4.88. The molecule has 1 aliphatic carbocycles. The third kappa shape index (κ3) is 3.44. The van der Waals surface area contributed by atoms with Crippen LogP contribution in [0.2, 0.25) is 5.02 Å². The number of allylic oxidation sites excluding steroid dienone is 1. The molecule has 31 heavy (non-hydrogen) atoms. The van der Waals surface area contributed by atoms with Crippen LogP contribution >= 0.6 is 11.6 Å². The fourth-order valence-electron chi connectivity index (χ4n) is 4.75. The highest BCUT2D eigenvalue weighted by atomic mass is 35.5. The summed E-state index contributed by atoms with van der Waals surface area (Å²) < 4.78 is 0. The van der Waals surface area contributed by atoms with Gasteiger partial charge in [-0.2, -0.15) is 0 Å². The first-order valence-corrected chi connectivity index (χ1v) is 10.8. The number of aliphatic hydroxyl groups is 1. The van der Waals surface area contributed by atoms with Crippen LogP contribution in [0, 0.1) is 11.3 Å². The summed E-state index contributed by atoms with van der Waals surface area (Å²) in [5.41, 5.74) is 3.49. The SMILES string of the molecule is CC12C=CC(O)=CC1C(c1c(CNCc3ccccc3)[nH]c3ccc(Cl)cc13)NC2=O. The molecular formula is C25H24ClN3O2.